The molecule has 0 bridgehead atoms. The van der Waals surface area contributed by atoms with Crippen molar-refractivity contribution in [3.63, 3.8) is 0 Å². The highest BCUT2D eigenvalue weighted by Gasteiger charge is 2.19. The van der Waals surface area contributed by atoms with E-state index in [0.29, 0.717) is 5.13 Å². The van der Waals surface area contributed by atoms with Gasteiger partial charge in [-0.15, -0.1) is 10.2 Å². The van der Waals surface area contributed by atoms with Gasteiger partial charge in [0.15, 0.2) is 0 Å². The van der Waals surface area contributed by atoms with Gasteiger partial charge in [0.2, 0.25) is 11.0 Å². The maximum Gasteiger partial charge on any atom is 0.239 e. The zero-order valence-corrected chi connectivity index (χ0v) is 12.3. The Morgan fingerprint density at radius 2 is 2.32 bits per heavy atom. The van der Waals surface area contributed by atoms with E-state index in [1.54, 1.807) is 6.20 Å². The fourth-order valence-corrected chi connectivity index (χ4v) is 2.92. The van der Waals surface area contributed by atoms with Crippen LogP contribution in [0.1, 0.15) is 18.4 Å². The van der Waals surface area contributed by atoms with Gasteiger partial charge in [-0.25, -0.2) is 4.98 Å². The molecule has 2 aromatic rings. The summed E-state index contributed by atoms with van der Waals surface area (Å²) in [6.45, 7) is 3.83. The van der Waals surface area contributed by atoms with Gasteiger partial charge in [-0.2, -0.15) is 0 Å². The minimum absolute atomic E-state index is 0.0608. The quantitative estimate of drug-likeness (QED) is 0.859. The second-order valence-electron chi connectivity index (χ2n) is 3.80. The number of carbonyl (C=O) groups is 1. The first-order valence-corrected chi connectivity index (χ1v) is 7.57. The van der Waals surface area contributed by atoms with Gasteiger partial charge in [0, 0.05) is 6.20 Å². The topological polar surface area (TPSA) is 67.8 Å². The van der Waals surface area contributed by atoms with Crippen molar-refractivity contribution in [3.05, 3.63) is 29.4 Å². The molecule has 0 saturated carbocycles. The predicted molar refractivity (Wildman–Crippen MR) is 77.4 cm³/mol. The van der Waals surface area contributed by atoms with Crippen molar-refractivity contribution in [1.29, 1.82) is 0 Å². The fraction of sp³-hybridized carbons (Fsp3) is 0.333. The van der Waals surface area contributed by atoms with Gasteiger partial charge < -0.3 is 0 Å². The Labute approximate surface area is 119 Å². The highest BCUT2D eigenvalue weighted by atomic mass is 32.2. The lowest BCUT2D eigenvalue weighted by Crippen LogP contribution is -2.24. The van der Waals surface area contributed by atoms with Crippen LogP contribution in [-0.4, -0.2) is 26.3 Å². The Hall–Kier alpha value is -1.47. The second-order valence-corrected chi connectivity index (χ2v) is 6.20. The van der Waals surface area contributed by atoms with Crippen LogP contribution in [0.25, 0.3) is 0 Å². The van der Waals surface area contributed by atoms with Crippen molar-refractivity contribution in [2.45, 2.75) is 30.5 Å². The van der Waals surface area contributed by atoms with Crippen LogP contribution < -0.4 is 5.32 Å². The Balaban J connectivity index is 1.99. The molecule has 1 amide bonds. The third-order valence-electron chi connectivity index (χ3n) is 2.32. The Kier molecular flexibility index (Phi) is 4.86. The van der Waals surface area contributed by atoms with Crippen molar-refractivity contribution in [1.82, 2.24) is 15.2 Å². The number of hydrogen-bond acceptors (Lipinski definition) is 6. The number of thioether (sulfide) groups is 1. The monoisotopic (exact) mass is 294 g/mol. The normalized spacial score (nSPS) is 12.1. The van der Waals surface area contributed by atoms with Crippen molar-refractivity contribution < 1.29 is 4.79 Å². The molecule has 0 aliphatic heterocycles. The van der Waals surface area contributed by atoms with Crippen LogP contribution in [0.5, 0.6) is 0 Å². The van der Waals surface area contributed by atoms with E-state index in [9.17, 15) is 4.79 Å². The Morgan fingerprint density at radius 3 is 2.89 bits per heavy atom. The minimum atomic E-state index is -0.181. The largest absolute Gasteiger partial charge is 0.300 e. The van der Waals surface area contributed by atoms with Crippen LogP contribution in [0.3, 0.4) is 0 Å². The SMILES string of the molecule is CC[C@H](Sc1ccccn1)C(=O)Nc1nnc(C)s1. The number of pyridine rings is 1. The molecular weight excluding hydrogens is 280 g/mol. The summed E-state index contributed by atoms with van der Waals surface area (Å²) in [5, 5.41) is 12.6. The van der Waals surface area contributed by atoms with Crippen molar-refractivity contribution in [2.75, 3.05) is 5.32 Å². The standard InChI is InChI=1S/C12H14N4OS2/c1-3-9(19-10-6-4-5-7-13-10)11(17)14-12-16-15-8(2)18-12/h4-7,9H,3H2,1-2H3,(H,14,16,17)/t9-/m0/s1. The molecule has 2 aromatic heterocycles. The zero-order valence-electron chi connectivity index (χ0n) is 10.7. The molecule has 0 fully saturated rings. The van der Waals surface area contributed by atoms with E-state index in [0.717, 1.165) is 16.5 Å². The lowest BCUT2D eigenvalue weighted by atomic mass is 10.3. The van der Waals surface area contributed by atoms with Gasteiger partial charge in [0.1, 0.15) is 5.01 Å². The highest BCUT2D eigenvalue weighted by molar-refractivity contribution is 8.00. The number of hydrogen-bond donors (Lipinski definition) is 1. The van der Waals surface area contributed by atoms with E-state index in [4.69, 9.17) is 0 Å². The van der Waals surface area contributed by atoms with E-state index < -0.39 is 0 Å². The Morgan fingerprint density at radius 1 is 1.47 bits per heavy atom. The van der Waals surface area contributed by atoms with Crippen molar-refractivity contribution >= 4 is 34.1 Å². The van der Waals surface area contributed by atoms with Gasteiger partial charge in [0.05, 0.1) is 10.3 Å². The molecule has 2 heterocycles. The smallest absolute Gasteiger partial charge is 0.239 e. The molecular formula is C12H14N4OS2. The molecule has 2 rings (SSSR count). The summed E-state index contributed by atoms with van der Waals surface area (Å²) in [5.74, 6) is -0.0608. The molecule has 0 radical (unpaired) electrons. The molecule has 0 aliphatic rings. The summed E-state index contributed by atoms with van der Waals surface area (Å²) in [6, 6.07) is 5.67. The number of nitrogens with one attached hydrogen (secondary N) is 1. The number of anilines is 1. The van der Waals surface area contributed by atoms with Crippen molar-refractivity contribution in [2.24, 2.45) is 0 Å². The van der Waals surface area contributed by atoms with Crippen LogP contribution in [0, 0.1) is 6.92 Å². The fourth-order valence-electron chi connectivity index (χ4n) is 1.42. The van der Waals surface area contributed by atoms with Crippen LogP contribution in [0.2, 0.25) is 0 Å². The molecule has 0 spiro atoms. The molecule has 0 aromatic carbocycles. The van der Waals surface area contributed by atoms with Gasteiger partial charge in [0.25, 0.3) is 0 Å². The number of carbonyl (C=O) groups excluding carboxylic acids is 1. The van der Waals surface area contributed by atoms with Crippen LogP contribution >= 0.6 is 23.1 Å². The number of aromatic nitrogens is 3. The van der Waals surface area contributed by atoms with Gasteiger partial charge in [-0.1, -0.05) is 36.1 Å². The number of rotatable bonds is 5. The van der Waals surface area contributed by atoms with Crippen LogP contribution in [0.4, 0.5) is 5.13 Å². The van der Waals surface area contributed by atoms with E-state index >= 15 is 0 Å². The maximum absolute atomic E-state index is 12.1. The molecule has 19 heavy (non-hydrogen) atoms. The summed E-state index contributed by atoms with van der Waals surface area (Å²) in [6.07, 6.45) is 2.45. The minimum Gasteiger partial charge on any atom is -0.300 e. The molecule has 100 valence electrons. The third kappa shape index (κ3) is 4.00. The van der Waals surface area contributed by atoms with E-state index in [-0.39, 0.29) is 11.2 Å². The molecule has 1 atom stereocenters. The molecule has 5 nitrogen and oxygen atoms in total. The first kappa shape index (κ1) is 14.0. The highest BCUT2D eigenvalue weighted by Crippen LogP contribution is 2.25. The number of nitrogens with zero attached hydrogens (tertiary/aromatic N) is 3. The summed E-state index contributed by atoms with van der Waals surface area (Å²) < 4.78 is 0. The van der Waals surface area contributed by atoms with E-state index in [1.807, 2.05) is 32.0 Å². The average Bonchev–Trinajstić information content (AvgIpc) is 2.82. The third-order valence-corrected chi connectivity index (χ3v) is 4.39. The molecule has 7 heteroatoms. The lowest BCUT2D eigenvalue weighted by Gasteiger charge is -2.12. The van der Waals surface area contributed by atoms with Crippen LogP contribution in [0.15, 0.2) is 29.4 Å². The summed E-state index contributed by atoms with van der Waals surface area (Å²) in [4.78, 5) is 16.4. The predicted octanol–water partition coefficient (Wildman–Crippen LogP) is 2.75. The first-order valence-electron chi connectivity index (χ1n) is 5.87. The molecule has 0 aliphatic carbocycles. The van der Waals surface area contributed by atoms with Gasteiger partial charge in [-0.3, -0.25) is 10.1 Å². The summed E-state index contributed by atoms with van der Waals surface area (Å²) in [7, 11) is 0. The summed E-state index contributed by atoms with van der Waals surface area (Å²) >= 11 is 2.83. The molecule has 0 unspecified atom stereocenters. The van der Waals surface area contributed by atoms with E-state index in [2.05, 4.69) is 20.5 Å². The van der Waals surface area contributed by atoms with E-state index in [1.165, 1.54) is 23.1 Å². The van der Waals surface area contributed by atoms with Gasteiger partial charge in [-0.05, 0) is 25.5 Å². The number of amides is 1. The average molecular weight is 294 g/mol. The van der Waals surface area contributed by atoms with Crippen LogP contribution in [-0.2, 0) is 4.79 Å². The van der Waals surface area contributed by atoms with Crippen molar-refractivity contribution in [3.8, 4) is 0 Å². The summed E-state index contributed by atoms with van der Waals surface area (Å²) in [5.41, 5.74) is 0. The maximum atomic E-state index is 12.1. The second kappa shape index (κ2) is 6.63. The zero-order chi connectivity index (χ0) is 13.7. The first-order chi connectivity index (χ1) is 9.19. The van der Waals surface area contributed by atoms with Gasteiger partial charge >= 0.3 is 0 Å². The number of aryl methyl sites for hydroxylation is 1. The molecule has 0 saturated heterocycles. The lowest BCUT2D eigenvalue weighted by molar-refractivity contribution is -0.115. The molecule has 1 N–H and O–H groups in total. The Bertz CT molecular complexity index is 544.